The van der Waals surface area contributed by atoms with Gasteiger partial charge in [0.25, 0.3) is 0 Å². The van der Waals surface area contributed by atoms with Gasteiger partial charge in [0, 0.05) is 84.0 Å². The van der Waals surface area contributed by atoms with Crippen LogP contribution in [0.4, 0.5) is 32.3 Å². The molecule has 0 bridgehead atoms. The summed E-state index contributed by atoms with van der Waals surface area (Å²) in [5.74, 6) is -1.17. The summed E-state index contributed by atoms with van der Waals surface area (Å²) in [7, 11) is 0. The van der Waals surface area contributed by atoms with Crippen molar-refractivity contribution >= 4 is 46.8 Å². The topological polar surface area (TPSA) is 232 Å². The van der Waals surface area contributed by atoms with Crippen LogP contribution in [-0.2, 0) is 93.4 Å². The molecule has 0 atom stereocenters. The van der Waals surface area contributed by atoms with E-state index in [9.17, 15) is 19.2 Å². The molecule has 3 amide bonds. The number of hydrogen-bond acceptors (Lipinski definition) is 7. The van der Waals surface area contributed by atoms with Crippen LogP contribution in [0.1, 0.15) is 118 Å². The number of amides is 3. The maximum Gasteiger partial charge on any atom is 0.412 e. The molecule has 0 aromatic heterocycles. The first-order chi connectivity index (χ1) is 26.0. The van der Waals surface area contributed by atoms with Crippen molar-refractivity contribution in [1.82, 2.24) is 0 Å². The molecule has 4 aromatic carbocycles. The van der Waals surface area contributed by atoms with Crippen molar-refractivity contribution in [3.63, 3.8) is 0 Å². The molecule has 0 aliphatic carbocycles. The van der Waals surface area contributed by atoms with Gasteiger partial charge in [-0.2, -0.15) is 60.7 Å². The number of carbonyl (C=O) groups excluding carboxylic acids is 3. The second kappa shape index (κ2) is 43.9. The van der Waals surface area contributed by atoms with Crippen molar-refractivity contribution < 1.29 is 129 Å². The van der Waals surface area contributed by atoms with Crippen LogP contribution in [0.15, 0.2) is 97.1 Å². The summed E-state index contributed by atoms with van der Waals surface area (Å²) in [4.78, 5) is 45.7. The largest absolute Gasteiger partial charge is 0.479 e. The van der Waals surface area contributed by atoms with Crippen LogP contribution in [0.3, 0.4) is 0 Å². The third-order valence-electron chi connectivity index (χ3n) is 5.35. The molecule has 60 heavy (non-hydrogen) atoms. The van der Waals surface area contributed by atoms with Gasteiger partial charge in [-0.3, -0.25) is 15.4 Å². The number of aromatic carboxylic acids is 1. The number of nitrogens with one attached hydrogen (secondary N) is 3. The zero-order valence-electron chi connectivity index (χ0n) is 37.8. The number of nitrogens with two attached hydrogens (primary N) is 1. The number of nitrogen functional groups attached to an aromatic ring is 1. The molecule has 0 unspecified atom stereocenters. The molecular weight excluding hydrogens is 957 g/mol. The van der Waals surface area contributed by atoms with E-state index in [0.717, 1.165) is 0 Å². The Labute approximate surface area is 421 Å². The van der Waals surface area contributed by atoms with Crippen molar-refractivity contribution in [2.24, 2.45) is 0 Å². The van der Waals surface area contributed by atoms with Gasteiger partial charge in [0.15, 0.2) is 0 Å². The fraction of sp³-hybridized carbons (Fsp3) is 0.364. The van der Waals surface area contributed by atoms with E-state index in [0.29, 0.717) is 33.9 Å². The average Bonchev–Trinajstić information content (AvgIpc) is 3.16. The molecule has 0 heterocycles. The third kappa shape index (κ3) is 37.8. The minimum Gasteiger partial charge on any atom is -0.479 e. The van der Waals surface area contributed by atoms with Gasteiger partial charge < -0.3 is 36.6 Å². The number of rotatable bonds is 5. The Morgan fingerprint density at radius 3 is 1.15 bits per heavy atom. The molecular formula is C44H68N4O9VY2-2. The molecule has 4 rings (SSSR count). The van der Waals surface area contributed by atoms with Gasteiger partial charge in [-0.05, 0) is 71.4 Å². The Morgan fingerprint density at radius 1 is 0.533 bits per heavy atom. The number of benzene rings is 4. The maximum atomic E-state index is 12.2. The van der Waals surface area contributed by atoms with E-state index in [2.05, 4.69) is 28.1 Å². The van der Waals surface area contributed by atoms with Crippen LogP contribution in [-0.4, -0.2) is 51.3 Å². The Balaban J connectivity index is -0.000000106. The van der Waals surface area contributed by atoms with E-state index >= 15 is 0 Å². The summed E-state index contributed by atoms with van der Waals surface area (Å²) in [5, 5.41) is 16.4. The minimum absolute atomic E-state index is 0. The number of carboxylic acids is 1. The van der Waals surface area contributed by atoms with Crippen molar-refractivity contribution in [1.29, 1.82) is 0 Å². The summed E-state index contributed by atoms with van der Waals surface area (Å²) in [6.45, 7) is 26.8. The summed E-state index contributed by atoms with van der Waals surface area (Å²) in [5.41, 5.74) is 7.42. The molecule has 331 valence electrons. The average molecular weight is 1030 g/mol. The number of para-hydroxylation sites is 4. The van der Waals surface area contributed by atoms with E-state index in [-0.39, 0.29) is 101 Å². The molecule has 0 spiro atoms. The monoisotopic (exact) mass is 1030 g/mol. The molecule has 3 radical (unpaired) electrons. The molecule has 0 fully saturated rings. The van der Waals surface area contributed by atoms with E-state index in [4.69, 9.17) is 20.3 Å². The molecule has 16 heteroatoms. The Kier molecular flexibility index (Phi) is 54.4. The van der Waals surface area contributed by atoms with Gasteiger partial charge in [-0.15, -0.1) is 0 Å². The Bertz CT molecular complexity index is 1640. The van der Waals surface area contributed by atoms with Gasteiger partial charge >= 0.3 is 18.2 Å². The zero-order valence-corrected chi connectivity index (χ0v) is 44.9. The minimum atomic E-state index is -0.899. The summed E-state index contributed by atoms with van der Waals surface area (Å²) in [6.07, 6.45) is -1.08. The number of carboxylic acid groups (broad SMARTS) is 1. The Morgan fingerprint density at radius 2 is 0.833 bits per heavy atom. The normalized spacial score (nSPS) is 8.57. The van der Waals surface area contributed by atoms with E-state index in [1.165, 1.54) is 12.1 Å². The number of carbonyl (C=O) groups is 4. The van der Waals surface area contributed by atoms with Crippen molar-refractivity contribution in [3.8, 4) is 0 Å². The van der Waals surface area contributed by atoms with E-state index < -0.39 is 29.4 Å². The maximum absolute atomic E-state index is 12.2. The van der Waals surface area contributed by atoms with Gasteiger partial charge in [0.2, 0.25) is 5.91 Å². The predicted octanol–water partition coefficient (Wildman–Crippen LogP) is 10.3. The fourth-order valence-corrected chi connectivity index (χ4v) is 3.40. The van der Waals surface area contributed by atoms with E-state index in [1.54, 1.807) is 126 Å². The van der Waals surface area contributed by atoms with Crippen LogP contribution in [0.25, 0.3) is 0 Å². The van der Waals surface area contributed by atoms with Crippen LogP contribution in [0.5, 0.6) is 0 Å². The van der Waals surface area contributed by atoms with E-state index in [1.807, 2.05) is 55.4 Å². The third-order valence-corrected chi connectivity index (χ3v) is 5.35. The second-order valence-corrected chi connectivity index (χ2v) is 11.7. The zero-order chi connectivity index (χ0) is 43.0. The SMILES string of the molecule is CC.CC.CC.CC.CC(C)(C)OC(=O)Nc1ccccc1N.CC(C)(C)OC(=O)Nc1ccccc1NC(=O)c1cc[c-]cc1.O.O.O=C(O)c1cc[c-]cc1.[V].[Y].[Y]. The van der Waals surface area contributed by atoms with Crippen LogP contribution < -0.4 is 21.7 Å². The van der Waals surface area contributed by atoms with Gasteiger partial charge in [-0.25, -0.2) is 14.4 Å². The molecule has 13 nitrogen and oxygen atoms in total. The first-order valence-corrected chi connectivity index (χ1v) is 18.4. The first kappa shape index (κ1) is 74.3. The molecule has 10 N–H and O–H groups in total. The standard InChI is InChI=1S/C18H19N2O3.C11H16N2O2.C7H5O2.4C2H6.2H2O.V.2Y/c1-18(2,3)23-17(22)20-15-12-8-7-11-14(15)19-16(21)13-9-5-4-6-10-13;1-11(2,3)15-10(14)13-9-7-5-4-6-8(9)12;8-7(9)6-4-2-1-3-5-6;4*1-2;;;;;/h5-12H,1-3H3,(H,19,21)(H,20,22);4-7H,12H2,1-3H3,(H,13,14);2-5H,(H,8,9);4*1-2H3;2*1H2;;;/q-1;;-1;;;;;;;;;. The number of anilines is 4. The summed E-state index contributed by atoms with van der Waals surface area (Å²) >= 11 is 0. The molecule has 4 aromatic rings. The van der Waals surface area contributed by atoms with Crippen LogP contribution in [0, 0.1) is 12.1 Å². The van der Waals surface area contributed by atoms with Gasteiger partial charge in [-0.1, -0.05) is 85.2 Å². The van der Waals surface area contributed by atoms with Gasteiger partial charge in [0.1, 0.15) is 11.2 Å². The summed E-state index contributed by atoms with van der Waals surface area (Å²) in [6, 6.07) is 32.4. The predicted molar refractivity (Wildman–Crippen MR) is 235 cm³/mol. The van der Waals surface area contributed by atoms with Crippen LogP contribution in [0.2, 0.25) is 0 Å². The smallest absolute Gasteiger partial charge is 0.412 e. The molecule has 0 aliphatic rings. The molecule has 0 saturated carbocycles. The quantitative estimate of drug-likeness (QED) is 0.0951. The summed E-state index contributed by atoms with van der Waals surface area (Å²) < 4.78 is 10.3. The van der Waals surface area contributed by atoms with Gasteiger partial charge in [0.05, 0.1) is 22.7 Å². The Hall–Kier alpha value is -3.13. The van der Waals surface area contributed by atoms with Crippen molar-refractivity contribution in [3.05, 3.63) is 120 Å². The molecule has 0 aliphatic heterocycles. The number of hydrogen-bond donors (Lipinski definition) is 5. The fourth-order valence-electron chi connectivity index (χ4n) is 3.40. The second-order valence-electron chi connectivity index (χ2n) is 11.7. The number of ether oxygens (including phenoxy) is 2. The van der Waals surface area contributed by atoms with Crippen molar-refractivity contribution in [2.45, 2.75) is 108 Å². The molecule has 0 saturated heterocycles. The van der Waals surface area contributed by atoms with Crippen LogP contribution >= 0.6 is 0 Å². The van der Waals surface area contributed by atoms with Crippen molar-refractivity contribution in [2.75, 3.05) is 21.7 Å². The first-order valence-electron chi connectivity index (χ1n) is 18.4.